The summed E-state index contributed by atoms with van der Waals surface area (Å²) in [7, 11) is 0.451. The van der Waals surface area contributed by atoms with Crippen LogP contribution in [0, 0.1) is 0 Å². The molecule has 0 unspecified atom stereocenters. The van der Waals surface area contributed by atoms with Crippen molar-refractivity contribution < 1.29 is 12.9 Å². The summed E-state index contributed by atoms with van der Waals surface area (Å²) >= 11 is 0. The van der Waals surface area contributed by atoms with E-state index in [0.717, 1.165) is 44.9 Å². The van der Waals surface area contributed by atoms with Gasteiger partial charge in [0.2, 0.25) is 0 Å². The number of para-hydroxylation sites is 1. The van der Waals surface area contributed by atoms with Gasteiger partial charge in [0.15, 0.2) is 0 Å². The summed E-state index contributed by atoms with van der Waals surface area (Å²) in [6.45, 7) is 1.22. The molecule has 168 valence electrons. The van der Waals surface area contributed by atoms with E-state index in [9.17, 15) is 0 Å². The first-order valence-corrected chi connectivity index (χ1v) is 12.5. The SMILES string of the molecule is CN(CCOp1oc2ccc3ccccc3c2c2c(ccc3ccccc32)o1)c1ccccc1. The van der Waals surface area contributed by atoms with E-state index in [-0.39, 0.29) is 0 Å². The van der Waals surface area contributed by atoms with Crippen molar-refractivity contribution in [2.45, 2.75) is 0 Å². The fourth-order valence-electron chi connectivity index (χ4n) is 4.47. The zero-order chi connectivity index (χ0) is 22.9. The lowest BCUT2D eigenvalue weighted by molar-refractivity contribution is 0.379. The van der Waals surface area contributed by atoms with Gasteiger partial charge in [0.1, 0.15) is 11.2 Å². The minimum absolute atomic E-state index is 0.489. The quantitative estimate of drug-likeness (QED) is 0.257. The lowest BCUT2D eigenvalue weighted by atomic mass is 9.99. The second-order valence-corrected chi connectivity index (χ2v) is 9.39. The van der Waals surface area contributed by atoms with Crippen LogP contribution in [0.2, 0.25) is 0 Å². The second kappa shape index (κ2) is 8.90. The van der Waals surface area contributed by atoms with Crippen molar-refractivity contribution in [2.75, 3.05) is 25.1 Å². The van der Waals surface area contributed by atoms with Crippen molar-refractivity contribution in [3.8, 4) is 0 Å². The molecule has 4 nitrogen and oxygen atoms in total. The van der Waals surface area contributed by atoms with E-state index in [4.69, 9.17) is 12.9 Å². The van der Waals surface area contributed by atoms with Gasteiger partial charge in [-0.05, 0) is 45.8 Å². The number of anilines is 1. The first-order chi connectivity index (χ1) is 16.8. The summed E-state index contributed by atoms with van der Waals surface area (Å²) in [5.74, 6) is 0. The predicted molar refractivity (Wildman–Crippen MR) is 142 cm³/mol. The van der Waals surface area contributed by atoms with Crippen molar-refractivity contribution in [1.29, 1.82) is 0 Å². The van der Waals surface area contributed by atoms with E-state index >= 15 is 0 Å². The highest BCUT2D eigenvalue weighted by Gasteiger charge is 2.13. The van der Waals surface area contributed by atoms with E-state index in [1.165, 1.54) is 10.8 Å². The molecule has 0 amide bonds. The smallest absolute Gasteiger partial charge is 0.387 e. The van der Waals surface area contributed by atoms with Crippen molar-refractivity contribution in [3.05, 3.63) is 103 Å². The largest absolute Gasteiger partial charge is 0.399 e. The van der Waals surface area contributed by atoms with Gasteiger partial charge in [-0.3, -0.25) is 4.52 Å². The molecule has 0 saturated heterocycles. The van der Waals surface area contributed by atoms with E-state index in [0.29, 0.717) is 6.61 Å². The van der Waals surface area contributed by atoms with Crippen LogP contribution in [0.5, 0.6) is 0 Å². The van der Waals surface area contributed by atoms with E-state index in [2.05, 4.69) is 84.7 Å². The maximum Gasteiger partial charge on any atom is 0.387 e. The fraction of sp³-hybridized carbons (Fsp3) is 0.103. The molecule has 6 rings (SSSR count). The highest BCUT2D eigenvalue weighted by Crippen LogP contribution is 2.40. The average Bonchev–Trinajstić information content (AvgIpc) is 3.06. The van der Waals surface area contributed by atoms with Gasteiger partial charge >= 0.3 is 8.24 Å². The van der Waals surface area contributed by atoms with Crippen molar-refractivity contribution in [1.82, 2.24) is 0 Å². The summed E-state index contributed by atoms with van der Waals surface area (Å²) in [5.41, 5.74) is 2.72. The van der Waals surface area contributed by atoms with Crippen LogP contribution in [0.15, 0.2) is 112 Å². The zero-order valence-electron chi connectivity index (χ0n) is 18.8. The normalized spacial score (nSPS) is 11.4. The standard InChI is InChI=1S/C29H24NO3P/c1-30(23-11-3-2-4-12-23)19-20-31-34-32-26-17-15-21-9-5-7-13-24(21)28(26)29-25-14-8-6-10-22(25)16-18-27(29)33-34/h2-18H,19-20H2,1H3. The van der Waals surface area contributed by atoms with Crippen LogP contribution < -0.4 is 9.42 Å². The molecule has 0 bridgehead atoms. The van der Waals surface area contributed by atoms with Crippen LogP contribution in [0.25, 0.3) is 43.5 Å². The number of fused-ring (bicyclic) bond motifs is 7. The minimum Gasteiger partial charge on any atom is -0.399 e. The third-order valence-electron chi connectivity index (χ3n) is 6.20. The minimum atomic E-state index is -1.61. The Morgan fingerprint density at radius 2 is 1.18 bits per heavy atom. The van der Waals surface area contributed by atoms with Gasteiger partial charge in [0, 0.05) is 30.1 Å². The van der Waals surface area contributed by atoms with Gasteiger partial charge in [0.25, 0.3) is 0 Å². The summed E-state index contributed by atoms with van der Waals surface area (Å²) in [6.07, 6.45) is 0. The topological polar surface area (TPSA) is 38.8 Å². The fourth-order valence-corrected chi connectivity index (χ4v) is 5.47. The third kappa shape index (κ3) is 3.81. The first kappa shape index (κ1) is 20.9. The molecule has 0 spiro atoms. The Labute approximate surface area is 198 Å². The molecule has 0 N–H and O–H groups in total. The van der Waals surface area contributed by atoms with Gasteiger partial charge in [-0.1, -0.05) is 78.9 Å². The van der Waals surface area contributed by atoms with Gasteiger partial charge in [-0.15, -0.1) is 0 Å². The number of likely N-dealkylation sites (N-methyl/N-ethyl adjacent to an activating group) is 1. The molecule has 0 aliphatic heterocycles. The Morgan fingerprint density at radius 3 is 1.76 bits per heavy atom. The van der Waals surface area contributed by atoms with Gasteiger partial charge in [0.05, 0.1) is 6.61 Å². The van der Waals surface area contributed by atoms with E-state index in [1.54, 1.807) is 0 Å². The van der Waals surface area contributed by atoms with Gasteiger partial charge in [-0.2, -0.15) is 0 Å². The summed E-state index contributed by atoms with van der Waals surface area (Å²) in [4.78, 5) is 2.16. The lowest BCUT2D eigenvalue weighted by Gasteiger charge is -2.18. The Balaban J connectivity index is 1.50. The van der Waals surface area contributed by atoms with Crippen molar-refractivity contribution >= 4 is 57.4 Å². The van der Waals surface area contributed by atoms with E-state index < -0.39 is 8.24 Å². The molecule has 0 saturated carbocycles. The molecular formula is C29H24NO3P. The molecule has 5 aromatic carbocycles. The zero-order valence-corrected chi connectivity index (χ0v) is 19.7. The third-order valence-corrected chi connectivity index (χ3v) is 7.28. The summed E-state index contributed by atoms with van der Waals surface area (Å²) in [6, 6.07) is 35.4. The Bertz CT molecular complexity index is 1560. The maximum atomic E-state index is 6.39. The highest BCUT2D eigenvalue weighted by atomic mass is 31.1. The molecule has 6 aromatic rings. The number of hydrogen-bond donors (Lipinski definition) is 0. The predicted octanol–water partition coefficient (Wildman–Crippen LogP) is 8.16. The van der Waals surface area contributed by atoms with E-state index in [1.807, 2.05) is 30.3 Å². The van der Waals surface area contributed by atoms with Crippen LogP contribution in [0.1, 0.15) is 0 Å². The molecule has 5 heteroatoms. The number of rotatable bonds is 5. The molecule has 0 atom stereocenters. The summed E-state index contributed by atoms with van der Waals surface area (Å²) < 4.78 is 18.9. The Hall–Kier alpha value is -3.72. The Kier molecular flexibility index (Phi) is 5.46. The first-order valence-electron chi connectivity index (χ1n) is 11.4. The molecular weight excluding hydrogens is 441 g/mol. The van der Waals surface area contributed by atoms with Crippen LogP contribution in [0.3, 0.4) is 0 Å². The monoisotopic (exact) mass is 465 g/mol. The average molecular weight is 465 g/mol. The van der Waals surface area contributed by atoms with Gasteiger partial charge in [-0.25, -0.2) is 0 Å². The van der Waals surface area contributed by atoms with Crippen LogP contribution in [-0.2, 0) is 0 Å². The Morgan fingerprint density at radius 1 is 0.647 bits per heavy atom. The molecule has 0 aliphatic carbocycles. The molecule has 34 heavy (non-hydrogen) atoms. The molecule has 0 fully saturated rings. The number of benzene rings is 5. The molecule has 1 aromatic heterocycles. The molecule has 0 radical (unpaired) electrons. The maximum absolute atomic E-state index is 6.39. The number of hydrogen-bond acceptors (Lipinski definition) is 4. The van der Waals surface area contributed by atoms with Crippen molar-refractivity contribution in [3.63, 3.8) is 0 Å². The van der Waals surface area contributed by atoms with Gasteiger partial charge < -0.3 is 13.3 Å². The second-order valence-electron chi connectivity index (χ2n) is 8.32. The lowest BCUT2D eigenvalue weighted by Crippen LogP contribution is -2.23. The molecule has 0 aliphatic rings. The number of nitrogens with zero attached hydrogens (tertiary/aromatic N) is 1. The van der Waals surface area contributed by atoms with Crippen LogP contribution >= 0.6 is 8.24 Å². The highest BCUT2D eigenvalue weighted by molar-refractivity contribution is 7.31. The molecule has 1 heterocycles. The summed E-state index contributed by atoms with van der Waals surface area (Å²) in [5, 5.41) is 6.73. The van der Waals surface area contributed by atoms with Crippen molar-refractivity contribution in [2.24, 2.45) is 0 Å². The van der Waals surface area contributed by atoms with Crippen LogP contribution in [0.4, 0.5) is 5.69 Å². The van der Waals surface area contributed by atoms with Crippen LogP contribution in [-0.4, -0.2) is 20.2 Å².